The number of rotatable bonds is 6. The van der Waals surface area contributed by atoms with E-state index in [1.165, 1.54) is 11.3 Å². The predicted molar refractivity (Wildman–Crippen MR) is 71.2 cm³/mol. The lowest BCUT2D eigenvalue weighted by Gasteiger charge is -2.17. The van der Waals surface area contributed by atoms with Crippen LogP contribution in [-0.2, 0) is 16.0 Å². The molecule has 0 atom stereocenters. The van der Waals surface area contributed by atoms with Gasteiger partial charge in [-0.3, -0.25) is 14.4 Å². The fourth-order valence-corrected chi connectivity index (χ4v) is 2.76. The number of hydrogen-bond donors (Lipinski definition) is 2. The molecule has 0 saturated carbocycles. The van der Waals surface area contributed by atoms with E-state index >= 15 is 0 Å². The van der Waals surface area contributed by atoms with Crippen molar-refractivity contribution >= 4 is 29.1 Å². The lowest BCUT2D eigenvalue weighted by Crippen LogP contribution is -2.41. The Balaban J connectivity index is 2.96. The van der Waals surface area contributed by atoms with Crippen molar-refractivity contribution in [3.8, 4) is 0 Å². The third-order valence-electron chi connectivity index (χ3n) is 2.51. The summed E-state index contributed by atoms with van der Waals surface area (Å²) in [5, 5.41) is 8.76. The Labute approximate surface area is 114 Å². The molecule has 0 aliphatic heterocycles. The first-order valence-electron chi connectivity index (χ1n) is 5.73. The SMILES string of the molecule is CCc1sc(C(=O)N(CC(N)=O)CC(=O)O)cc1C. The molecule has 0 aliphatic carbocycles. The Morgan fingerprint density at radius 3 is 2.42 bits per heavy atom. The zero-order valence-corrected chi connectivity index (χ0v) is 11.6. The van der Waals surface area contributed by atoms with Gasteiger partial charge < -0.3 is 15.7 Å². The monoisotopic (exact) mass is 284 g/mol. The van der Waals surface area contributed by atoms with Crippen LogP contribution in [0.4, 0.5) is 0 Å². The fourth-order valence-electron chi connectivity index (χ4n) is 1.68. The first-order valence-corrected chi connectivity index (χ1v) is 6.55. The Kier molecular flexibility index (Phi) is 5.05. The minimum atomic E-state index is -1.18. The Morgan fingerprint density at radius 2 is 2.00 bits per heavy atom. The number of amides is 2. The lowest BCUT2D eigenvalue weighted by atomic mass is 10.2. The summed E-state index contributed by atoms with van der Waals surface area (Å²) in [6.45, 7) is 2.93. The normalized spacial score (nSPS) is 10.2. The molecule has 0 aliphatic rings. The van der Waals surface area contributed by atoms with E-state index in [9.17, 15) is 14.4 Å². The maximum absolute atomic E-state index is 12.2. The molecule has 0 unspecified atom stereocenters. The number of nitrogens with two attached hydrogens (primary N) is 1. The van der Waals surface area contributed by atoms with Crippen LogP contribution in [0.2, 0.25) is 0 Å². The van der Waals surface area contributed by atoms with Crippen molar-refractivity contribution in [1.82, 2.24) is 4.90 Å². The molecule has 0 bridgehead atoms. The highest BCUT2D eigenvalue weighted by molar-refractivity contribution is 7.14. The Bertz CT molecular complexity index is 494. The molecule has 1 rings (SSSR count). The average molecular weight is 284 g/mol. The minimum Gasteiger partial charge on any atom is -0.480 e. The number of carboxylic acid groups (broad SMARTS) is 1. The molecule has 1 heterocycles. The molecule has 0 aromatic carbocycles. The highest BCUT2D eigenvalue weighted by atomic mass is 32.1. The van der Waals surface area contributed by atoms with Crippen LogP contribution >= 0.6 is 11.3 Å². The third kappa shape index (κ3) is 4.06. The van der Waals surface area contributed by atoms with Crippen molar-refractivity contribution in [3.05, 3.63) is 21.4 Å². The molecular formula is C12H16N2O4S. The Morgan fingerprint density at radius 1 is 1.37 bits per heavy atom. The summed E-state index contributed by atoms with van der Waals surface area (Å²) in [5.41, 5.74) is 6.01. The first-order chi connectivity index (χ1) is 8.85. The van der Waals surface area contributed by atoms with Gasteiger partial charge in [0.1, 0.15) is 13.1 Å². The second-order valence-corrected chi connectivity index (χ2v) is 5.23. The molecule has 1 aromatic heterocycles. The van der Waals surface area contributed by atoms with E-state index in [1.807, 2.05) is 13.8 Å². The van der Waals surface area contributed by atoms with Crippen molar-refractivity contribution in [2.75, 3.05) is 13.1 Å². The standard InChI is InChI=1S/C12H16N2O4S/c1-3-8-7(2)4-9(19-8)12(18)14(5-10(13)15)6-11(16)17/h4H,3,5-6H2,1-2H3,(H2,13,15)(H,16,17). The predicted octanol–water partition coefficient (Wildman–Crippen LogP) is 0.631. The molecule has 2 amide bonds. The second kappa shape index (κ2) is 6.33. The summed E-state index contributed by atoms with van der Waals surface area (Å²) in [6.07, 6.45) is 0.804. The van der Waals surface area contributed by atoms with Crippen molar-refractivity contribution in [1.29, 1.82) is 0 Å². The van der Waals surface area contributed by atoms with E-state index in [1.54, 1.807) is 6.07 Å². The molecule has 3 N–H and O–H groups in total. The van der Waals surface area contributed by atoms with Crippen molar-refractivity contribution in [2.45, 2.75) is 20.3 Å². The number of primary amides is 1. The summed E-state index contributed by atoms with van der Waals surface area (Å²) >= 11 is 1.31. The van der Waals surface area contributed by atoms with E-state index in [2.05, 4.69) is 0 Å². The molecule has 19 heavy (non-hydrogen) atoms. The topological polar surface area (TPSA) is 101 Å². The molecule has 0 saturated heterocycles. The molecular weight excluding hydrogens is 268 g/mol. The quantitative estimate of drug-likeness (QED) is 0.800. The summed E-state index contributed by atoms with van der Waals surface area (Å²) in [4.78, 5) is 36.2. The zero-order chi connectivity index (χ0) is 14.6. The van der Waals surface area contributed by atoms with Crippen LogP contribution in [0.25, 0.3) is 0 Å². The van der Waals surface area contributed by atoms with E-state index in [0.29, 0.717) is 4.88 Å². The van der Waals surface area contributed by atoms with Crippen LogP contribution in [0.1, 0.15) is 27.0 Å². The van der Waals surface area contributed by atoms with Crippen LogP contribution in [-0.4, -0.2) is 40.9 Å². The summed E-state index contributed by atoms with van der Waals surface area (Å²) in [6, 6.07) is 1.71. The van der Waals surface area contributed by atoms with Gasteiger partial charge >= 0.3 is 5.97 Å². The van der Waals surface area contributed by atoms with E-state index < -0.39 is 30.9 Å². The molecule has 6 nitrogen and oxygen atoms in total. The number of carboxylic acids is 1. The summed E-state index contributed by atoms with van der Waals surface area (Å²) in [5.74, 6) is -2.40. The maximum Gasteiger partial charge on any atom is 0.323 e. The minimum absolute atomic E-state index is 0.399. The number of thiophene rings is 1. The first kappa shape index (κ1) is 15.2. The smallest absolute Gasteiger partial charge is 0.323 e. The van der Waals surface area contributed by atoms with Crippen LogP contribution < -0.4 is 5.73 Å². The third-order valence-corrected chi connectivity index (χ3v) is 3.88. The van der Waals surface area contributed by atoms with Gasteiger partial charge in [0.25, 0.3) is 5.91 Å². The van der Waals surface area contributed by atoms with Crippen molar-refractivity contribution < 1.29 is 19.5 Å². The van der Waals surface area contributed by atoms with Crippen molar-refractivity contribution in [2.24, 2.45) is 5.73 Å². The molecule has 1 aromatic rings. The van der Waals surface area contributed by atoms with Crippen molar-refractivity contribution in [3.63, 3.8) is 0 Å². The van der Waals surface area contributed by atoms with Crippen LogP contribution in [0.5, 0.6) is 0 Å². The maximum atomic E-state index is 12.2. The van der Waals surface area contributed by atoms with Gasteiger partial charge in [-0.15, -0.1) is 11.3 Å². The molecule has 7 heteroatoms. The van der Waals surface area contributed by atoms with E-state index in [4.69, 9.17) is 10.8 Å². The fraction of sp³-hybridized carbons (Fsp3) is 0.417. The van der Waals surface area contributed by atoms with Gasteiger partial charge in [0.05, 0.1) is 4.88 Å². The summed E-state index contributed by atoms with van der Waals surface area (Å²) in [7, 11) is 0. The number of carbonyl (C=O) groups excluding carboxylic acids is 2. The van der Waals surface area contributed by atoms with Gasteiger partial charge in [-0.05, 0) is 25.0 Å². The number of aliphatic carboxylic acids is 1. The molecule has 0 radical (unpaired) electrons. The average Bonchev–Trinajstić information content (AvgIpc) is 2.67. The molecule has 0 spiro atoms. The van der Waals surface area contributed by atoms with Gasteiger partial charge in [-0.1, -0.05) is 6.92 Å². The van der Waals surface area contributed by atoms with Gasteiger partial charge in [-0.2, -0.15) is 0 Å². The van der Waals surface area contributed by atoms with Crippen LogP contribution in [0, 0.1) is 6.92 Å². The highest BCUT2D eigenvalue weighted by Gasteiger charge is 2.22. The van der Waals surface area contributed by atoms with E-state index in [-0.39, 0.29) is 0 Å². The lowest BCUT2D eigenvalue weighted by molar-refractivity contribution is -0.138. The molecule has 0 fully saturated rings. The van der Waals surface area contributed by atoms with E-state index in [0.717, 1.165) is 21.8 Å². The largest absolute Gasteiger partial charge is 0.480 e. The number of carbonyl (C=O) groups is 3. The van der Waals surface area contributed by atoms with Gasteiger partial charge in [0.2, 0.25) is 5.91 Å². The zero-order valence-electron chi connectivity index (χ0n) is 10.8. The number of nitrogens with zero attached hydrogens (tertiary/aromatic N) is 1. The number of aryl methyl sites for hydroxylation is 2. The van der Waals surface area contributed by atoms with Gasteiger partial charge in [0.15, 0.2) is 0 Å². The van der Waals surface area contributed by atoms with Crippen LogP contribution in [0.3, 0.4) is 0 Å². The van der Waals surface area contributed by atoms with Gasteiger partial charge in [-0.25, -0.2) is 0 Å². The highest BCUT2D eigenvalue weighted by Crippen LogP contribution is 2.23. The van der Waals surface area contributed by atoms with Crippen LogP contribution in [0.15, 0.2) is 6.07 Å². The molecule has 104 valence electrons. The second-order valence-electron chi connectivity index (χ2n) is 4.09. The number of hydrogen-bond acceptors (Lipinski definition) is 4. The summed E-state index contributed by atoms with van der Waals surface area (Å²) < 4.78 is 0. The van der Waals surface area contributed by atoms with Gasteiger partial charge in [0, 0.05) is 4.88 Å². The Hall–Kier alpha value is -1.89.